The van der Waals surface area contributed by atoms with Gasteiger partial charge in [0.1, 0.15) is 17.3 Å². The van der Waals surface area contributed by atoms with Gasteiger partial charge in [-0.3, -0.25) is 0 Å². The van der Waals surface area contributed by atoms with Crippen LogP contribution in [0.15, 0.2) is 24.5 Å². The Morgan fingerprint density at radius 3 is 2.65 bits per heavy atom. The highest BCUT2D eigenvalue weighted by molar-refractivity contribution is 7.25. The Bertz CT molecular complexity index is 914. The van der Waals surface area contributed by atoms with E-state index >= 15 is 0 Å². The second-order valence-corrected chi connectivity index (χ2v) is 8.44. The lowest BCUT2D eigenvalue weighted by molar-refractivity contribution is 0.108. The molecule has 1 saturated carbocycles. The zero-order valence-electron chi connectivity index (χ0n) is 15.5. The van der Waals surface area contributed by atoms with Gasteiger partial charge in [0.15, 0.2) is 0 Å². The lowest BCUT2D eigenvalue weighted by Crippen LogP contribution is -2.35. The lowest BCUT2D eigenvalue weighted by atomic mass is 9.92. The zero-order valence-corrected chi connectivity index (χ0v) is 16.3. The Balaban J connectivity index is 1.67. The molecule has 0 unspecified atom stereocenters. The number of hydrogen-bond donors (Lipinski definition) is 1. The molecule has 6 heteroatoms. The summed E-state index contributed by atoms with van der Waals surface area (Å²) in [5.41, 5.74) is 0.901. The smallest absolute Gasteiger partial charge is 0.226 e. The van der Waals surface area contributed by atoms with Gasteiger partial charge in [-0.1, -0.05) is 6.07 Å². The highest BCUT2D eigenvalue weighted by Gasteiger charge is 2.25. The highest BCUT2D eigenvalue weighted by Crippen LogP contribution is 2.39. The number of fused-ring (bicyclic) bond motifs is 3. The number of ether oxygens (including phenoxy) is 1. The first-order chi connectivity index (χ1) is 12.5. The van der Waals surface area contributed by atoms with E-state index in [2.05, 4.69) is 35.0 Å². The number of nitrogens with zero attached hydrogens (tertiary/aromatic N) is 3. The van der Waals surface area contributed by atoms with Crippen LogP contribution in [0.2, 0.25) is 0 Å². The Labute approximate surface area is 157 Å². The molecule has 0 saturated heterocycles. The first kappa shape index (κ1) is 17.6. The van der Waals surface area contributed by atoms with Crippen molar-refractivity contribution in [3.63, 3.8) is 0 Å². The maximum atomic E-state index is 9.93. The van der Waals surface area contributed by atoms with E-state index in [1.807, 2.05) is 12.1 Å². The van der Waals surface area contributed by atoms with E-state index in [4.69, 9.17) is 4.74 Å². The number of aliphatic hydroxyl groups is 1. The molecule has 0 aliphatic heterocycles. The van der Waals surface area contributed by atoms with Crippen LogP contribution in [0.3, 0.4) is 0 Å². The molecular weight excluding hydrogens is 346 g/mol. The fourth-order valence-corrected chi connectivity index (χ4v) is 4.80. The Kier molecular flexibility index (Phi) is 4.82. The average molecular weight is 372 g/mol. The maximum absolute atomic E-state index is 9.93. The van der Waals surface area contributed by atoms with Gasteiger partial charge >= 0.3 is 0 Å². The summed E-state index contributed by atoms with van der Waals surface area (Å²) in [4.78, 5) is 12.1. The Morgan fingerprint density at radius 2 is 1.96 bits per heavy atom. The van der Waals surface area contributed by atoms with E-state index in [1.165, 1.54) is 0 Å². The molecule has 1 fully saturated rings. The van der Waals surface area contributed by atoms with Crippen molar-refractivity contribution >= 4 is 31.6 Å². The molecule has 1 aliphatic carbocycles. The van der Waals surface area contributed by atoms with Gasteiger partial charge in [-0.05, 0) is 64.4 Å². The predicted molar refractivity (Wildman–Crippen MR) is 106 cm³/mol. The van der Waals surface area contributed by atoms with Gasteiger partial charge < -0.3 is 14.7 Å². The summed E-state index contributed by atoms with van der Waals surface area (Å²) >= 11 is 1.64. The van der Waals surface area contributed by atoms with Gasteiger partial charge in [-0.25, -0.2) is 9.97 Å². The molecule has 1 aliphatic rings. The molecule has 0 spiro atoms. The monoisotopic (exact) mass is 371 g/mol. The van der Waals surface area contributed by atoms with Crippen molar-refractivity contribution in [2.45, 2.75) is 50.9 Å². The van der Waals surface area contributed by atoms with Crippen molar-refractivity contribution in [2.24, 2.45) is 0 Å². The average Bonchev–Trinajstić information content (AvgIpc) is 3.00. The van der Waals surface area contributed by atoms with E-state index in [1.54, 1.807) is 24.6 Å². The third kappa shape index (κ3) is 3.29. The van der Waals surface area contributed by atoms with E-state index in [-0.39, 0.29) is 6.10 Å². The molecule has 0 radical (unpaired) electrons. The van der Waals surface area contributed by atoms with Crippen molar-refractivity contribution in [1.29, 1.82) is 0 Å². The molecule has 1 aromatic carbocycles. The summed E-state index contributed by atoms with van der Waals surface area (Å²) in [6.45, 7) is 1.78. The van der Waals surface area contributed by atoms with Crippen molar-refractivity contribution < 1.29 is 9.84 Å². The van der Waals surface area contributed by atoms with Crippen LogP contribution in [0.4, 0.5) is 0 Å². The molecule has 1 atom stereocenters. The third-order valence-corrected chi connectivity index (χ3v) is 6.47. The minimum absolute atomic E-state index is 0.208. The molecule has 2 heterocycles. The molecule has 2 aromatic heterocycles. The van der Waals surface area contributed by atoms with E-state index in [0.717, 1.165) is 51.5 Å². The predicted octanol–water partition coefficient (Wildman–Crippen LogP) is 4.15. The van der Waals surface area contributed by atoms with Crippen molar-refractivity contribution in [1.82, 2.24) is 14.9 Å². The summed E-state index contributed by atoms with van der Waals surface area (Å²) < 4.78 is 7.48. The van der Waals surface area contributed by atoms with Crippen LogP contribution < -0.4 is 4.74 Å². The van der Waals surface area contributed by atoms with Gasteiger partial charge in [-0.2, -0.15) is 0 Å². The summed E-state index contributed by atoms with van der Waals surface area (Å²) in [5.74, 6) is 0.678. The summed E-state index contributed by atoms with van der Waals surface area (Å²) in [5, 5.41) is 12.0. The number of benzene rings is 1. The van der Waals surface area contributed by atoms with Gasteiger partial charge in [0.2, 0.25) is 5.88 Å². The van der Waals surface area contributed by atoms with Gasteiger partial charge in [-0.15, -0.1) is 11.3 Å². The fraction of sp³-hybridized carbons (Fsp3) is 0.500. The maximum Gasteiger partial charge on any atom is 0.226 e. The van der Waals surface area contributed by atoms with Crippen LogP contribution >= 0.6 is 11.3 Å². The van der Waals surface area contributed by atoms with Gasteiger partial charge in [0, 0.05) is 16.1 Å². The van der Waals surface area contributed by atoms with E-state index in [9.17, 15) is 5.11 Å². The molecule has 0 bridgehead atoms. The Morgan fingerprint density at radius 1 is 1.19 bits per heavy atom. The second-order valence-electron chi connectivity index (χ2n) is 7.40. The largest absolute Gasteiger partial charge is 0.474 e. The summed E-state index contributed by atoms with van der Waals surface area (Å²) in [7, 11) is 4.30. The van der Waals surface area contributed by atoms with Crippen molar-refractivity contribution in [2.75, 3.05) is 14.1 Å². The second kappa shape index (κ2) is 7.10. The molecule has 26 heavy (non-hydrogen) atoms. The Hall–Kier alpha value is -1.76. The third-order valence-electron chi connectivity index (χ3n) is 5.39. The molecule has 138 valence electrons. The summed E-state index contributed by atoms with van der Waals surface area (Å²) in [6, 6.07) is 6.71. The van der Waals surface area contributed by atoms with Crippen LogP contribution in [0.1, 0.15) is 44.3 Å². The zero-order chi connectivity index (χ0) is 18.3. The fourth-order valence-electron chi connectivity index (χ4n) is 3.78. The standard InChI is InChI=1S/C20H25N3O2S/c1-12(24)13-4-9-17-16(10-13)18-19(21-11-22-20(18)26-17)25-15-7-5-14(6-8-15)23(2)3/h4,9-12,14-15,24H,5-8H2,1-3H3/t12-,14-,15-/m1/s1. The molecule has 5 nitrogen and oxygen atoms in total. The van der Waals surface area contributed by atoms with Crippen molar-refractivity contribution in [3.05, 3.63) is 30.1 Å². The highest BCUT2D eigenvalue weighted by atomic mass is 32.1. The van der Waals surface area contributed by atoms with Crippen LogP contribution in [0, 0.1) is 0 Å². The number of thiophene rings is 1. The number of aromatic nitrogens is 2. The number of aliphatic hydroxyl groups excluding tert-OH is 1. The number of rotatable bonds is 4. The van der Waals surface area contributed by atoms with Crippen LogP contribution in [0.5, 0.6) is 5.88 Å². The van der Waals surface area contributed by atoms with E-state index in [0.29, 0.717) is 11.9 Å². The van der Waals surface area contributed by atoms with Crippen LogP contribution in [-0.4, -0.2) is 46.2 Å². The molecule has 3 aromatic rings. The quantitative estimate of drug-likeness (QED) is 0.747. The van der Waals surface area contributed by atoms with Gasteiger partial charge in [0.25, 0.3) is 0 Å². The molecule has 1 N–H and O–H groups in total. The van der Waals surface area contributed by atoms with Gasteiger partial charge in [0.05, 0.1) is 11.5 Å². The molecule has 0 amide bonds. The minimum Gasteiger partial charge on any atom is -0.474 e. The van der Waals surface area contributed by atoms with Crippen molar-refractivity contribution in [3.8, 4) is 5.88 Å². The SMILES string of the molecule is C[C@@H](O)c1ccc2sc3ncnc(O[C@H]4CC[C@H](N(C)C)CC4)c3c2c1. The van der Waals surface area contributed by atoms with Crippen LogP contribution in [0.25, 0.3) is 20.3 Å². The molecular formula is C20H25N3O2S. The first-order valence-electron chi connectivity index (χ1n) is 9.21. The molecule has 4 rings (SSSR count). The first-order valence-corrected chi connectivity index (χ1v) is 10.0. The topological polar surface area (TPSA) is 58.5 Å². The van der Waals surface area contributed by atoms with Crippen LogP contribution in [-0.2, 0) is 0 Å². The summed E-state index contributed by atoms with van der Waals surface area (Å²) in [6.07, 6.45) is 5.72. The normalized spacial score (nSPS) is 22.2. The number of hydrogen-bond acceptors (Lipinski definition) is 6. The lowest BCUT2D eigenvalue weighted by Gasteiger charge is -2.32. The minimum atomic E-state index is -0.496. The van der Waals surface area contributed by atoms with E-state index < -0.39 is 6.10 Å².